The number of piperidine rings is 1. The summed E-state index contributed by atoms with van der Waals surface area (Å²) in [5, 5.41) is 2.64. The van der Waals surface area contributed by atoms with E-state index in [-0.39, 0.29) is 0 Å². The number of nitrogens with one attached hydrogen (secondary N) is 1. The predicted octanol–water partition coefficient (Wildman–Crippen LogP) is 3.07. The van der Waals surface area contributed by atoms with Crippen molar-refractivity contribution in [1.82, 2.24) is 0 Å². The second-order valence-corrected chi connectivity index (χ2v) is 6.68. The van der Waals surface area contributed by atoms with Crippen LogP contribution in [0.1, 0.15) is 30.6 Å². The van der Waals surface area contributed by atoms with Gasteiger partial charge < -0.3 is 10.2 Å². The van der Waals surface area contributed by atoms with Crippen LogP contribution in [-0.4, -0.2) is 24.8 Å². The van der Waals surface area contributed by atoms with Crippen LogP contribution in [0.25, 0.3) is 0 Å². The topological polar surface area (TPSA) is 49.4 Å². The van der Waals surface area contributed by atoms with Gasteiger partial charge in [0, 0.05) is 17.6 Å². The standard InChI is InChI=1S/C15H17BrN2O2/c1-8-3-4-18(7-9(8)2)13-6-12-10(5-11(13)16)14(19)15(20)17-12/h5-6,8-9H,3-4,7H2,1-2H3,(H,17,19,20). The molecule has 2 unspecified atom stereocenters. The van der Waals surface area contributed by atoms with E-state index >= 15 is 0 Å². The van der Waals surface area contributed by atoms with Gasteiger partial charge in [-0.25, -0.2) is 0 Å². The van der Waals surface area contributed by atoms with Crippen molar-refractivity contribution in [2.45, 2.75) is 20.3 Å². The lowest BCUT2D eigenvalue weighted by Crippen LogP contribution is -2.38. The number of rotatable bonds is 1. The molecule has 1 N–H and O–H groups in total. The number of hydrogen-bond donors (Lipinski definition) is 1. The Hall–Kier alpha value is -1.36. The molecule has 4 nitrogen and oxygen atoms in total. The van der Waals surface area contributed by atoms with E-state index in [1.165, 1.54) is 0 Å². The number of amides is 1. The van der Waals surface area contributed by atoms with Gasteiger partial charge in [0.05, 0.1) is 16.9 Å². The van der Waals surface area contributed by atoms with E-state index in [0.717, 1.165) is 35.6 Å². The molecule has 0 saturated carbocycles. The minimum Gasteiger partial charge on any atom is -0.370 e. The molecule has 0 aliphatic carbocycles. The smallest absolute Gasteiger partial charge is 0.296 e. The van der Waals surface area contributed by atoms with Crippen molar-refractivity contribution in [3.63, 3.8) is 0 Å². The molecule has 2 aliphatic rings. The van der Waals surface area contributed by atoms with Gasteiger partial charge in [0.1, 0.15) is 0 Å². The number of hydrogen-bond acceptors (Lipinski definition) is 3. The maximum atomic E-state index is 11.7. The zero-order valence-corrected chi connectivity index (χ0v) is 13.2. The van der Waals surface area contributed by atoms with Gasteiger partial charge >= 0.3 is 0 Å². The molecule has 2 aliphatic heterocycles. The Morgan fingerprint density at radius 2 is 2.00 bits per heavy atom. The number of anilines is 2. The molecule has 0 spiro atoms. The van der Waals surface area contributed by atoms with Gasteiger partial charge in [-0.1, -0.05) is 13.8 Å². The highest BCUT2D eigenvalue weighted by Gasteiger charge is 2.31. The number of nitrogens with zero attached hydrogens (tertiary/aromatic N) is 1. The molecule has 1 fully saturated rings. The molecule has 1 aromatic rings. The Morgan fingerprint density at radius 3 is 2.70 bits per heavy atom. The summed E-state index contributed by atoms with van der Waals surface area (Å²) in [4.78, 5) is 25.4. The van der Waals surface area contributed by atoms with Crippen LogP contribution in [-0.2, 0) is 4.79 Å². The van der Waals surface area contributed by atoms with E-state index in [1.54, 1.807) is 6.07 Å². The van der Waals surface area contributed by atoms with Crippen molar-refractivity contribution in [3.05, 3.63) is 22.2 Å². The van der Waals surface area contributed by atoms with Crippen LogP contribution >= 0.6 is 15.9 Å². The number of carbonyl (C=O) groups is 2. The quantitative estimate of drug-likeness (QED) is 0.802. The molecule has 0 aromatic heterocycles. The van der Waals surface area contributed by atoms with Crippen molar-refractivity contribution >= 4 is 39.0 Å². The summed E-state index contributed by atoms with van der Waals surface area (Å²) in [6.07, 6.45) is 1.16. The molecule has 20 heavy (non-hydrogen) atoms. The first-order chi connectivity index (χ1) is 9.47. The summed E-state index contributed by atoms with van der Waals surface area (Å²) in [6.45, 7) is 6.56. The molecule has 106 valence electrons. The highest BCUT2D eigenvalue weighted by Crippen LogP contribution is 2.37. The SMILES string of the molecule is CC1CCN(c2cc3c(cc2Br)C(=O)C(=O)N3)CC1C. The van der Waals surface area contributed by atoms with E-state index < -0.39 is 11.7 Å². The van der Waals surface area contributed by atoms with E-state index in [9.17, 15) is 9.59 Å². The van der Waals surface area contributed by atoms with Gasteiger partial charge in [0.2, 0.25) is 0 Å². The van der Waals surface area contributed by atoms with Crippen molar-refractivity contribution in [3.8, 4) is 0 Å². The number of fused-ring (bicyclic) bond motifs is 1. The number of ketones is 1. The second-order valence-electron chi connectivity index (χ2n) is 5.82. The van der Waals surface area contributed by atoms with Gasteiger partial charge in [-0.05, 0) is 46.3 Å². The van der Waals surface area contributed by atoms with Crippen molar-refractivity contribution in [2.24, 2.45) is 11.8 Å². The average molecular weight is 337 g/mol. The average Bonchev–Trinajstić information content (AvgIpc) is 2.68. The zero-order chi connectivity index (χ0) is 14.4. The summed E-state index contributed by atoms with van der Waals surface area (Å²) in [5.41, 5.74) is 2.14. The van der Waals surface area contributed by atoms with Gasteiger partial charge in [-0.3, -0.25) is 9.59 Å². The third-order valence-corrected chi connectivity index (χ3v) is 5.10. The summed E-state index contributed by atoms with van der Waals surface area (Å²) in [7, 11) is 0. The van der Waals surface area contributed by atoms with Crippen molar-refractivity contribution < 1.29 is 9.59 Å². The highest BCUT2D eigenvalue weighted by molar-refractivity contribution is 9.10. The van der Waals surface area contributed by atoms with Gasteiger partial charge in [0.25, 0.3) is 11.7 Å². The van der Waals surface area contributed by atoms with E-state index in [0.29, 0.717) is 17.2 Å². The molecular formula is C15H17BrN2O2. The molecule has 0 radical (unpaired) electrons. The Labute approximate surface area is 126 Å². The van der Waals surface area contributed by atoms with E-state index in [1.807, 2.05) is 6.07 Å². The van der Waals surface area contributed by atoms with Crippen LogP contribution in [0.4, 0.5) is 11.4 Å². The zero-order valence-electron chi connectivity index (χ0n) is 11.6. The monoisotopic (exact) mass is 336 g/mol. The summed E-state index contributed by atoms with van der Waals surface area (Å²) in [6, 6.07) is 3.67. The second kappa shape index (κ2) is 4.88. The summed E-state index contributed by atoms with van der Waals surface area (Å²) >= 11 is 3.53. The first kappa shape index (κ1) is 13.6. The van der Waals surface area contributed by atoms with Crippen LogP contribution in [0.15, 0.2) is 16.6 Å². The Kier molecular flexibility index (Phi) is 3.32. The predicted molar refractivity (Wildman–Crippen MR) is 82.3 cm³/mol. The lowest BCUT2D eigenvalue weighted by Gasteiger charge is -2.37. The largest absolute Gasteiger partial charge is 0.370 e. The minimum atomic E-state index is -0.537. The first-order valence-corrected chi connectivity index (χ1v) is 7.71. The lowest BCUT2D eigenvalue weighted by atomic mass is 9.88. The first-order valence-electron chi connectivity index (χ1n) is 6.91. The number of benzene rings is 1. The van der Waals surface area contributed by atoms with Gasteiger partial charge in [-0.15, -0.1) is 0 Å². The fraction of sp³-hybridized carbons (Fsp3) is 0.467. The molecule has 2 heterocycles. The minimum absolute atomic E-state index is 0.451. The molecule has 5 heteroatoms. The Bertz CT molecular complexity index is 600. The molecule has 2 atom stereocenters. The van der Waals surface area contributed by atoms with Crippen LogP contribution in [0.2, 0.25) is 0 Å². The molecule has 0 bridgehead atoms. The normalized spacial score (nSPS) is 25.6. The van der Waals surface area contributed by atoms with Gasteiger partial charge in [0.15, 0.2) is 0 Å². The number of halogens is 1. The third-order valence-electron chi connectivity index (χ3n) is 4.46. The van der Waals surface area contributed by atoms with Crippen molar-refractivity contribution in [2.75, 3.05) is 23.3 Å². The maximum absolute atomic E-state index is 11.7. The third kappa shape index (κ3) is 2.14. The number of Topliss-reactive ketones (excluding diaryl/α,β-unsaturated/α-hetero) is 1. The van der Waals surface area contributed by atoms with Crippen LogP contribution < -0.4 is 10.2 Å². The maximum Gasteiger partial charge on any atom is 0.296 e. The van der Waals surface area contributed by atoms with E-state index in [2.05, 4.69) is 40.0 Å². The molecule has 1 aromatic carbocycles. The van der Waals surface area contributed by atoms with E-state index in [4.69, 9.17) is 0 Å². The van der Waals surface area contributed by atoms with Crippen LogP contribution in [0.5, 0.6) is 0 Å². The van der Waals surface area contributed by atoms with Gasteiger partial charge in [-0.2, -0.15) is 0 Å². The lowest BCUT2D eigenvalue weighted by molar-refractivity contribution is -0.112. The fourth-order valence-electron chi connectivity index (χ4n) is 2.88. The van der Waals surface area contributed by atoms with Crippen LogP contribution in [0, 0.1) is 11.8 Å². The van der Waals surface area contributed by atoms with Crippen molar-refractivity contribution in [1.29, 1.82) is 0 Å². The molecule has 1 amide bonds. The van der Waals surface area contributed by atoms with Crippen LogP contribution in [0.3, 0.4) is 0 Å². The summed E-state index contributed by atoms with van der Waals surface area (Å²) < 4.78 is 0.878. The Balaban J connectivity index is 1.94. The molecular weight excluding hydrogens is 320 g/mol. The fourth-order valence-corrected chi connectivity index (χ4v) is 3.47. The molecule has 1 saturated heterocycles. The number of carbonyl (C=O) groups excluding carboxylic acids is 2. The Morgan fingerprint density at radius 1 is 1.25 bits per heavy atom. The molecule has 3 rings (SSSR count). The summed E-state index contributed by atoms with van der Waals surface area (Å²) in [5.74, 6) is 0.387. The highest BCUT2D eigenvalue weighted by atomic mass is 79.9.